The Balaban J connectivity index is 1.57. The molecule has 138 valence electrons. The molecule has 27 heavy (non-hydrogen) atoms. The Hall–Kier alpha value is -3.05. The van der Waals surface area contributed by atoms with E-state index in [1.807, 2.05) is 41.8 Å². The van der Waals surface area contributed by atoms with E-state index in [9.17, 15) is 14.9 Å². The third kappa shape index (κ3) is 4.77. The number of thiophene rings is 1. The van der Waals surface area contributed by atoms with Crippen LogP contribution in [-0.2, 0) is 4.79 Å². The number of carbonyl (C=O) groups excluding carboxylic acids is 1. The predicted octanol–water partition coefficient (Wildman–Crippen LogP) is 2.79. The van der Waals surface area contributed by atoms with Crippen LogP contribution in [0.5, 0.6) is 0 Å². The normalized spacial score (nSPS) is 11.0. The molecule has 2 aromatic heterocycles. The van der Waals surface area contributed by atoms with Crippen LogP contribution in [0.4, 0.5) is 5.00 Å². The van der Waals surface area contributed by atoms with E-state index in [1.165, 1.54) is 24.0 Å². The molecule has 3 rings (SSSR count). The van der Waals surface area contributed by atoms with Crippen LogP contribution >= 0.6 is 23.1 Å². The van der Waals surface area contributed by atoms with E-state index in [1.54, 1.807) is 6.07 Å². The smallest absolute Gasteiger partial charge is 0.274 e. The molecule has 0 saturated heterocycles. The highest BCUT2D eigenvalue weighted by Crippen LogP contribution is 2.23. The molecule has 2 heterocycles. The molecule has 0 bridgehead atoms. The first kappa shape index (κ1) is 18.7. The maximum atomic E-state index is 12.0. The molecule has 0 aliphatic carbocycles. The minimum Gasteiger partial charge on any atom is -0.274 e. The van der Waals surface area contributed by atoms with Crippen molar-refractivity contribution in [2.24, 2.45) is 5.10 Å². The molecule has 3 aromatic rings. The van der Waals surface area contributed by atoms with Gasteiger partial charge in [-0.1, -0.05) is 41.3 Å². The van der Waals surface area contributed by atoms with Crippen molar-refractivity contribution in [3.8, 4) is 5.69 Å². The highest BCUT2D eigenvalue weighted by molar-refractivity contribution is 7.99. The molecule has 1 aromatic carbocycles. The zero-order valence-electron chi connectivity index (χ0n) is 14.1. The monoisotopic (exact) mass is 402 g/mol. The maximum Gasteiger partial charge on any atom is 0.324 e. The molecule has 0 aliphatic heterocycles. The fraction of sp³-hybridized carbons (Fsp3) is 0.125. The summed E-state index contributed by atoms with van der Waals surface area (Å²) >= 11 is 2.22. The lowest BCUT2D eigenvalue weighted by molar-refractivity contribution is -0.380. The molecular weight excluding hydrogens is 388 g/mol. The summed E-state index contributed by atoms with van der Waals surface area (Å²) in [6.45, 7) is 1.84. The average molecular weight is 402 g/mol. The summed E-state index contributed by atoms with van der Waals surface area (Å²) in [4.78, 5) is 22.7. The second-order valence-corrected chi connectivity index (χ2v) is 7.25. The maximum absolute atomic E-state index is 12.0. The average Bonchev–Trinajstić information content (AvgIpc) is 3.27. The number of hydrogen-bond donors (Lipinski definition) is 1. The molecule has 0 radical (unpaired) electrons. The van der Waals surface area contributed by atoms with Crippen LogP contribution in [0.3, 0.4) is 0 Å². The van der Waals surface area contributed by atoms with E-state index in [-0.39, 0.29) is 16.7 Å². The van der Waals surface area contributed by atoms with E-state index in [0.717, 1.165) is 22.8 Å². The standard InChI is InChI=1S/C16H14N6O3S2/c1-11-18-20-16(21(11)12-5-3-2-4-6-12)26-10-14(23)19-17-9-13-7-8-15(27-13)22(24)25/h2-9H,10H2,1H3,(H,19,23)/b17-9+. The van der Waals surface area contributed by atoms with Gasteiger partial charge < -0.3 is 0 Å². The van der Waals surface area contributed by atoms with Gasteiger partial charge in [0.1, 0.15) is 5.82 Å². The van der Waals surface area contributed by atoms with Crippen LogP contribution in [0.15, 0.2) is 52.7 Å². The van der Waals surface area contributed by atoms with Gasteiger partial charge >= 0.3 is 5.00 Å². The molecule has 9 nitrogen and oxygen atoms in total. The summed E-state index contributed by atoms with van der Waals surface area (Å²) in [5.41, 5.74) is 3.31. The van der Waals surface area contributed by atoms with Crippen molar-refractivity contribution in [3.05, 3.63) is 63.3 Å². The van der Waals surface area contributed by atoms with E-state index < -0.39 is 4.92 Å². The van der Waals surface area contributed by atoms with E-state index >= 15 is 0 Å². The van der Waals surface area contributed by atoms with Gasteiger partial charge in [0.25, 0.3) is 5.91 Å². The minimum absolute atomic E-state index is 0.0222. The van der Waals surface area contributed by atoms with Gasteiger partial charge in [0, 0.05) is 11.8 Å². The zero-order valence-corrected chi connectivity index (χ0v) is 15.7. The fourth-order valence-electron chi connectivity index (χ4n) is 2.15. The number of rotatable bonds is 7. The number of aryl methyl sites for hydroxylation is 1. The first-order valence-corrected chi connectivity index (χ1v) is 9.51. The summed E-state index contributed by atoms with van der Waals surface area (Å²) < 4.78 is 1.87. The van der Waals surface area contributed by atoms with Crippen LogP contribution in [0.2, 0.25) is 0 Å². The number of carbonyl (C=O) groups is 1. The second-order valence-electron chi connectivity index (χ2n) is 5.22. The molecule has 0 aliphatic rings. The van der Waals surface area contributed by atoms with Gasteiger partial charge in [-0.2, -0.15) is 5.10 Å². The first-order chi connectivity index (χ1) is 13.0. The Bertz CT molecular complexity index is 983. The van der Waals surface area contributed by atoms with Crippen molar-refractivity contribution < 1.29 is 9.72 Å². The van der Waals surface area contributed by atoms with Crippen molar-refractivity contribution in [3.63, 3.8) is 0 Å². The minimum atomic E-state index is -0.470. The summed E-state index contributed by atoms with van der Waals surface area (Å²) in [5, 5.41) is 23.3. The van der Waals surface area contributed by atoms with Crippen LogP contribution in [0.25, 0.3) is 5.69 Å². The SMILES string of the molecule is Cc1nnc(SCC(=O)N/N=C/c2ccc([N+](=O)[O-])s2)n1-c1ccccc1. The van der Waals surface area contributed by atoms with Gasteiger partial charge in [0.2, 0.25) is 0 Å². The Morgan fingerprint density at radius 2 is 2.11 bits per heavy atom. The molecule has 0 spiro atoms. The summed E-state index contributed by atoms with van der Waals surface area (Å²) in [7, 11) is 0. The van der Waals surface area contributed by atoms with Crippen molar-refractivity contribution in [2.75, 3.05) is 5.75 Å². The van der Waals surface area contributed by atoms with Gasteiger partial charge in [-0.05, 0) is 25.1 Å². The molecule has 0 fully saturated rings. The third-order valence-electron chi connectivity index (χ3n) is 3.32. The Morgan fingerprint density at radius 3 is 2.81 bits per heavy atom. The largest absolute Gasteiger partial charge is 0.324 e. The number of benzene rings is 1. The van der Waals surface area contributed by atoms with Crippen LogP contribution < -0.4 is 5.43 Å². The van der Waals surface area contributed by atoms with Crippen LogP contribution in [-0.4, -0.2) is 37.6 Å². The molecule has 0 saturated carbocycles. The number of aromatic nitrogens is 3. The first-order valence-electron chi connectivity index (χ1n) is 7.71. The molecule has 1 N–H and O–H groups in total. The molecule has 1 amide bonds. The number of hydrazone groups is 1. The predicted molar refractivity (Wildman–Crippen MR) is 104 cm³/mol. The van der Waals surface area contributed by atoms with E-state index in [0.29, 0.717) is 10.0 Å². The van der Waals surface area contributed by atoms with Crippen molar-refractivity contribution in [1.29, 1.82) is 0 Å². The number of nitro groups is 1. The van der Waals surface area contributed by atoms with Crippen LogP contribution in [0, 0.1) is 17.0 Å². The zero-order chi connectivity index (χ0) is 19.2. The third-order valence-corrected chi connectivity index (χ3v) is 5.22. The second kappa shape index (κ2) is 8.56. The number of hydrogen-bond acceptors (Lipinski definition) is 8. The summed E-state index contributed by atoms with van der Waals surface area (Å²) in [6.07, 6.45) is 1.37. The topological polar surface area (TPSA) is 115 Å². The van der Waals surface area contributed by atoms with E-state index in [4.69, 9.17) is 0 Å². The highest BCUT2D eigenvalue weighted by atomic mass is 32.2. The highest BCUT2D eigenvalue weighted by Gasteiger charge is 2.13. The number of thioether (sulfide) groups is 1. The summed E-state index contributed by atoms with van der Waals surface area (Å²) in [5.74, 6) is 0.511. The van der Waals surface area contributed by atoms with Crippen LogP contribution in [0.1, 0.15) is 10.7 Å². The van der Waals surface area contributed by atoms with Crippen molar-refractivity contribution in [2.45, 2.75) is 12.1 Å². The number of nitrogens with one attached hydrogen (secondary N) is 1. The van der Waals surface area contributed by atoms with Gasteiger partial charge in [-0.3, -0.25) is 19.5 Å². The van der Waals surface area contributed by atoms with Gasteiger partial charge in [0.15, 0.2) is 5.16 Å². The number of nitrogens with zero attached hydrogens (tertiary/aromatic N) is 5. The van der Waals surface area contributed by atoms with Crippen molar-refractivity contribution in [1.82, 2.24) is 20.2 Å². The van der Waals surface area contributed by atoms with E-state index in [2.05, 4.69) is 20.7 Å². The lowest BCUT2D eigenvalue weighted by Crippen LogP contribution is -2.19. The van der Waals surface area contributed by atoms with Gasteiger partial charge in [0.05, 0.1) is 21.8 Å². The molecular formula is C16H14N6O3S2. The lowest BCUT2D eigenvalue weighted by Gasteiger charge is -2.07. The van der Waals surface area contributed by atoms with Crippen molar-refractivity contribution >= 4 is 40.2 Å². The Kier molecular flexibility index (Phi) is 5.94. The molecule has 0 atom stereocenters. The Labute approximate surface area is 162 Å². The summed E-state index contributed by atoms with van der Waals surface area (Å²) in [6, 6.07) is 12.6. The number of amides is 1. The van der Waals surface area contributed by atoms with Gasteiger partial charge in [-0.25, -0.2) is 5.43 Å². The van der Waals surface area contributed by atoms with Gasteiger partial charge in [-0.15, -0.1) is 10.2 Å². The number of para-hydroxylation sites is 1. The fourth-order valence-corrected chi connectivity index (χ4v) is 3.63. The molecule has 11 heteroatoms. The Morgan fingerprint density at radius 1 is 1.33 bits per heavy atom. The molecule has 0 unspecified atom stereocenters. The lowest BCUT2D eigenvalue weighted by atomic mass is 10.3. The quantitative estimate of drug-likeness (QED) is 0.281.